The summed E-state index contributed by atoms with van der Waals surface area (Å²) in [7, 11) is 0. The molecule has 0 N–H and O–H groups in total. The Labute approximate surface area is 126 Å². The number of alkyl halides is 3. The van der Waals surface area contributed by atoms with Crippen molar-refractivity contribution in [1.82, 2.24) is 9.80 Å². The summed E-state index contributed by atoms with van der Waals surface area (Å²) in [6, 6.07) is -0.796. The van der Waals surface area contributed by atoms with Crippen molar-refractivity contribution in [3.05, 3.63) is 0 Å². The number of fused-ring (bicyclic) bond motifs is 1. The normalized spacial score (nSPS) is 25.9. The smallest absolute Gasteiger partial charge is 0.444 e. The first-order chi connectivity index (χ1) is 9.99. The fraction of sp³-hybridized carbons (Fsp3) is 0.846. The zero-order valence-electron chi connectivity index (χ0n) is 12.6. The molecule has 0 aromatic rings. The summed E-state index contributed by atoms with van der Waals surface area (Å²) < 4.78 is 48.5. The minimum Gasteiger partial charge on any atom is -0.444 e. The van der Waals surface area contributed by atoms with Crippen molar-refractivity contribution in [2.75, 3.05) is 26.2 Å². The number of carbonyl (C=O) groups excluding carboxylic acids is 2. The van der Waals surface area contributed by atoms with Crippen LogP contribution in [0.25, 0.3) is 0 Å². The maximum absolute atomic E-state index is 12.6. The van der Waals surface area contributed by atoms with Crippen LogP contribution in [0.4, 0.5) is 18.0 Å². The van der Waals surface area contributed by atoms with Gasteiger partial charge in [0, 0.05) is 13.1 Å². The van der Waals surface area contributed by atoms with Gasteiger partial charge in [0.25, 0.3) is 0 Å². The zero-order valence-corrected chi connectivity index (χ0v) is 12.6. The van der Waals surface area contributed by atoms with E-state index in [1.54, 1.807) is 20.8 Å². The van der Waals surface area contributed by atoms with Crippen LogP contribution in [-0.4, -0.2) is 72.0 Å². The third-order valence-corrected chi connectivity index (χ3v) is 3.46. The van der Waals surface area contributed by atoms with Gasteiger partial charge in [0.1, 0.15) is 5.60 Å². The van der Waals surface area contributed by atoms with E-state index in [-0.39, 0.29) is 26.2 Å². The summed E-state index contributed by atoms with van der Waals surface area (Å²) in [4.78, 5) is 25.5. The van der Waals surface area contributed by atoms with Crippen LogP contribution in [0, 0.1) is 0 Å². The Hall–Kier alpha value is -1.51. The molecule has 9 heteroatoms. The Kier molecular flexibility index (Phi) is 4.29. The van der Waals surface area contributed by atoms with Gasteiger partial charge in [-0.2, -0.15) is 13.2 Å². The number of morpholine rings is 1. The molecule has 2 atom stereocenters. The third-order valence-electron chi connectivity index (χ3n) is 3.46. The maximum Gasteiger partial charge on any atom is 0.471 e. The lowest BCUT2D eigenvalue weighted by Gasteiger charge is -2.36. The van der Waals surface area contributed by atoms with E-state index < -0.39 is 35.9 Å². The second-order valence-electron chi connectivity index (χ2n) is 6.36. The average Bonchev–Trinajstić information content (AvgIpc) is 2.78. The number of hydrogen-bond donors (Lipinski definition) is 0. The molecule has 2 rings (SSSR count). The van der Waals surface area contributed by atoms with Gasteiger partial charge in [-0.25, -0.2) is 4.79 Å². The monoisotopic (exact) mass is 324 g/mol. The van der Waals surface area contributed by atoms with Crippen molar-refractivity contribution >= 4 is 12.0 Å². The summed E-state index contributed by atoms with van der Waals surface area (Å²) >= 11 is 0. The Morgan fingerprint density at radius 3 is 2.36 bits per heavy atom. The predicted molar refractivity (Wildman–Crippen MR) is 69.1 cm³/mol. The average molecular weight is 324 g/mol. The molecule has 2 aliphatic heterocycles. The molecule has 0 radical (unpaired) electrons. The number of ether oxygens (including phenoxy) is 2. The molecule has 0 saturated carbocycles. The fourth-order valence-electron chi connectivity index (χ4n) is 2.58. The van der Waals surface area contributed by atoms with Crippen LogP contribution >= 0.6 is 0 Å². The summed E-state index contributed by atoms with van der Waals surface area (Å²) in [5.74, 6) is -1.89. The molecule has 0 aliphatic carbocycles. The van der Waals surface area contributed by atoms with Crippen LogP contribution in [-0.2, 0) is 14.3 Å². The molecule has 0 bridgehead atoms. The number of nitrogens with zero attached hydrogens (tertiary/aromatic N) is 2. The summed E-state index contributed by atoms with van der Waals surface area (Å²) in [6.45, 7) is 5.06. The van der Waals surface area contributed by atoms with Crippen LogP contribution in [0.2, 0.25) is 0 Å². The molecule has 6 nitrogen and oxygen atoms in total. The quantitative estimate of drug-likeness (QED) is 0.676. The molecule has 0 unspecified atom stereocenters. The van der Waals surface area contributed by atoms with Crippen molar-refractivity contribution in [3.8, 4) is 0 Å². The molecule has 2 amide bonds. The molecule has 2 saturated heterocycles. The first-order valence-electron chi connectivity index (χ1n) is 6.96. The van der Waals surface area contributed by atoms with Gasteiger partial charge < -0.3 is 19.3 Å². The largest absolute Gasteiger partial charge is 0.471 e. The minimum absolute atomic E-state index is 0.0190. The first kappa shape index (κ1) is 16.9. The number of likely N-dealkylation sites (tertiary alicyclic amines) is 1. The van der Waals surface area contributed by atoms with E-state index in [0.29, 0.717) is 0 Å². The van der Waals surface area contributed by atoms with E-state index in [0.717, 1.165) is 4.90 Å². The van der Waals surface area contributed by atoms with Crippen LogP contribution in [0.3, 0.4) is 0 Å². The van der Waals surface area contributed by atoms with E-state index in [4.69, 9.17) is 9.47 Å². The van der Waals surface area contributed by atoms with Crippen molar-refractivity contribution < 1.29 is 32.2 Å². The van der Waals surface area contributed by atoms with Gasteiger partial charge in [0.05, 0.1) is 25.3 Å². The molecule has 0 spiro atoms. The van der Waals surface area contributed by atoms with Gasteiger partial charge in [0.15, 0.2) is 0 Å². The minimum atomic E-state index is -4.93. The highest BCUT2D eigenvalue weighted by atomic mass is 19.4. The maximum atomic E-state index is 12.6. The second kappa shape index (κ2) is 5.60. The highest BCUT2D eigenvalue weighted by molar-refractivity contribution is 5.82. The Morgan fingerprint density at radius 2 is 1.82 bits per heavy atom. The lowest BCUT2D eigenvalue weighted by atomic mass is 10.1. The molecule has 2 aliphatic rings. The van der Waals surface area contributed by atoms with Crippen molar-refractivity contribution in [2.24, 2.45) is 0 Å². The number of halogens is 3. The van der Waals surface area contributed by atoms with Crippen LogP contribution in [0.1, 0.15) is 20.8 Å². The second-order valence-corrected chi connectivity index (χ2v) is 6.36. The fourth-order valence-corrected chi connectivity index (χ4v) is 2.58. The first-order valence-corrected chi connectivity index (χ1v) is 6.96. The zero-order chi connectivity index (χ0) is 16.7. The molecular weight excluding hydrogens is 305 g/mol. The standard InChI is InChI=1S/C13H19F3N2O4/c1-12(2,3)22-11(20)17-6-8-9(7-17)21-5-4-18(8)10(19)13(14,15)16/h8-9H,4-7H2,1-3H3/t8-,9-/m1/s1. The molecule has 126 valence electrons. The van der Waals surface area contributed by atoms with Gasteiger partial charge >= 0.3 is 18.2 Å². The highest BCUT2D eigenvalue weighted by Crippen LogP contribution is 2.28. The molecule has 22 heavy (non-hydrogen) atoms. The summed E-state index contributed by atoms with van der Waals surface area (Å²) in [5, 5.41) is 0. The van der Waals surface area contributed by atoms with Crippen LogP contribution in [0.15, 0.2) is 0 Å². The van der Waals surface area contributed by atoms with Crippen LogP contribution in [0.5, 0.6) is 0 Å². The SMILES string of the molecule is CC(C)(C)OC(=O)N1C[C@@H]2[C@@H](C1)OCCN2C(=O)C(F)(F)F. The molecule has 0 aromatic heterocycles. The van der Waals surface area contributed by atoms with Crippen molar-refractivity contribution in [1.29, 1.82) is 0 Å². The van der Waals surface area contributed by atoms with E-state index in [1.165, 1.54) is 4.90 Å². The van der Waals surface area contributed by atoms with Crippen molar-refractivity contribution in [3.63, 3.8) is 0 Å². The van der Waals surface area contributed by atoms with Gasteiger partial charge in [-0.3, -0.25) is 4.79 Å². The van der Waals surface area contributed by atoms with E-state index >= 15 is 0 Å². The third kappa shape index (κ3) is 3.63. The molecule has 2 fully saturated rings. The topological polar surface area (TPSA) is 59.1 Å². The lowest BCUT2D eigenvalue weighted by molar-refractivity contribution is -0.194. The van der Waals surface area contributed by atoms with Gasteiger partial charge in [-0.05, 0) is 20.8 Å². The Bertz CT molecular complexity index is 461. The van der Waals surface area contributed by atoms with E-state index in [9.17, 15) is 22.8 Å². The summed E-state index contributed by atoms with van der Waals surface area (Å²) in [6.07, 6.45) is -6.17. The van der Waals surface area contributed by atoms with Gasteiger partial charge in [-0.15, -0.1) is 0 Å². The van der Waals surface area contributed by atoms with Gasteiger partial charge in [-0.1, -0.05) is 0 Å². The number of hydrogen-bond acceptors (Lipinski definition) is 4. The number of amides is 2. The number of carbonyl (C=O) groups is 2. The van der Waals surface area contributed by atoms with E-state index in [1.807, 2.05) is 0 Å². The number of rotatable bonds is 0. The summed E-state index contributed by atoms with van der Waals surface area (Å²) in [5.41, 5.74) is -0.701. The predicted octanol–water partition coefficient (Wildman–Crippen LogP) is 1.40. The van der Waals surface area contributed by atoms with E-state index in [2.05, 4.69) is 0 Å². The Morgan fingerprint density at radius 1 is 1.18 bits per heavy atom. The molecule has 2 heterocycles. The van der Waals surface area contributed by atoms with Crippen molar-refractivity contribution in [2.45, 2.75) is 44.7 Å². The van der Waals surface area contributed by atoms with Gasteiger partial charge in [0.2, 0.25) is 0 Å². The highest BCUT2D eigenvalue weighted by Gasteiger charge is 2.51. The molecule has 0 aromatic carbocycles. The lowest BCUT2D eigenvalue weighted by Crippen LogP contribution is -2.56. The molecular formula is C13H19F3N2O4. The van der Waals surface area contributed by atoms with Crippen LogP contribution < -0.4 is 0 Å². The Balaban J connectivity index is 2.07.